The second kappa shape index (κ2) is 4.75. The van der Waals surface area contributed by atoms with E-state index in [9.17, 15) is 18.0 Å². The van der Waals surface area contributed by atoms with Crippen LogP contribution in [-0.4, -0.2) is 29.8 Å². The molecule has 3 nitrogen and oxygen atoms in total. The fourth-order valence-electron chi connectivity index (χ4n) is 2.46. The molecule has 1 N–H and O–H groups in total. The van der Waals surface area contributed by atoms with Gasteiger partial charge in [-0.1, -0.05) is 18.2 Å². The lowest BCUT2D eigenvalue weighted by Crippen LogP contribution is -2.44. The van der Waals surface area contributed by atoms with Crippen molar-refractivity contribution in [3.8, 4) is 0 Å². The summed E-state index contributed by atoms with van der Waals surface area (Å²) < 4.78 is 38.9. The van der Waals surface area contributed by atoms with Gasteiger partial charge in [-0.3, -0.25) is 0 Å². The van der Waals surface area contributed by atoms with E-state index in [0.717, 1.165) is 0 Å². The lowest BCUT2D eigenvalue weighted by atomic mass is 9.88. The summed E-state index contributed by atoms with van der Waals surface area (Å²) in [5, 5.41) is 9.02. The number of halogens is 3. The van der Waals surface area contributed by atoms with E-state index in [1.807, 2.05) is 0 Å². The Balaban J connectivity index is 2.43. The second-order valence-corrected chi connectivity index (χ2v) is 4.65. The van der Waals surface area contributed by atoms with Crippen LogP contribution in [0.5, 0.6) is 0 Å². The fourth-order valence-corrected chi connectivity index (χ4v) is 2.46. The number of carboxylic acid groups (broad SMARTS) is 1. The number of fused-ring (bicyclic) bond motifs is 1. The smallest absolute Gasteiger partial charge is 0.395 e. The number of carboxylic acids is 1. The molecular formula is C13H14F3NO2. The van der Waals surface area contributed by atoms with Gasteiger partial charge in [-0.2, -0.15) is 13.2 Å². The Morgan fingerprint density at radius 2 is 2.05 bits per heavy atom. The van der Waals surface area contributed by atoms with Gasteiger partial charge in [0.25, 0.3) is 0 Å². The first-order valence-corrected chi connectivity index (χ1v) is 5.97. The Morgan fingerprint density at radius 3 is 2.63 bits per heavy atom. The first kappa shape index (κ1) is 13.7. The van der Waals surface area contributed by atoms with Crippen molar-refractivity contribution < 1.29 is 23.1 Å². The van der Waals surface area contributed by atoms with Crippen molar-refractivity contribution in [1.82, 2.24) is 0 Å². The van der Waals surface area contributed by atoms with E-state index in [1.165, 1.54) is 17.9 Å². The number of alkyl halides is 3. The molecule has 0 aliphatic carbocycles. The van der Waals surface area contributed by atoms with Gasteiger partial charge in [0.05, 0.1) is 5.92 Å². The lowest BCUT2D eigenvalue weighted by molar-refractivity contribution is -0.152. The molecule has 2 rings (SSSR count). The van der Waals surface area contributed by atoms with Crippen LogP contribution < -0.4 is 4.90 Å². The number of carbonyl (C=O) groups is 1. The highest BCUT2D eigenvalue weighted by atomic mass is 19.4. The van der Waals surface area contributed by atoms with E-state index < -0.39 is 24.1 Å². The van der Waals surface area contributed by atoms with E-state index in [1.54, 1.807) is 18.2 Å². The zero-order valence-electron chi connectivity index (χ0n) is 10.3. The predicted octanol–water partition coefficient (Wildman–Crippen LogP) is 3.02. The van der Waals surface area contributed by atoms with E-state index >= 15 is 0 Å². The lowest BCUT2D eigenvalue weighted by Gasteiger charge is -2.38. The molecule has 1 heterocycles. The minimum atomic E-state index is -4.30. The van der Waals surface area contributed by atoms with Crippen molar-refractivity contribution >= 4 is 11.7 Å². The maximum atomic E-state index is 13.0. The highest BCUT2D eigenvalue weighted by Gasteiger charge is 2.45. The summed E-state index contributed by atoms with van der Waals surface area (Å²) in [5.41, 5.74) is 0.528. The summed E-state index contributed by atoms with van der Waals surface area (Å²) in [7, 11) is 0. The van der Waals surface area contributed by atoms with Gasteiger partial charge in [-0.25, -0.2) is 4.79 Å². The number of para-hydroxylation sites is 1. The van der Waals surface area contributed by atoms with Crippen LogP contribution in [0.25, 0.3) is 0 Å². The van der Waals surface area contributed by atoms with Gasteiger partial charge in [0.2, 0.25) is 0 Å². The number of hydrogen-bond acceptors (Lipinski definition) is 2. The minimum Gasteiger partial charge on any atom is -0.480 e. The van der Waals surface area contributed by atoms with Crippen LogP contribution in [0.4, 0.5) is 18.9 Å². The Kier molecular flexibility index (Phi) is 3.43. The fraction of sp³-hybridized carbons (Fsp3) is 0.462. The summed E-state index contributed by atoms with van der Waals surface area (Å²) in [5.74, 6) is -2.55. The molecule has 19 heavy (non-hydrogen) atoms. The Hall–Kier alpha value is -1.72. The van der Waals surface area contributed by atoms with Gasteiger partial charge in [-0.05, 0) is 25.0 Å². The molecule has 0 radical (unpaired) electrons. The number of aliphatic carboxylic acids is 1. The third kappa shape index (κ3) is 2.52. The van der Waals surface area contributed by atoms with Crippen LogP contribution in [0, 0.1) is 0 Å². The molecule has 1 aromatic carbocycles. The van der Waals surface area contributed by atoms with Crippen LogP contribution in [0.15, 0.2) is 24.3 Å². The van der Waals surface area contributed by atoms with Gasteiger partial charge in [-0.15, -0.1) is 0 Å². The first-order valence-electron chi connectivity index (χ1n) is 5.97. The van der Waals surface area contributed by atoms with E-state index in [4.69, 9.17) is 5.11 Å². The Labute approximate surface area is 108 Å². The van der Waals surface area contributed by atoms with Crippen LogP contribution >= 0.6 is 0 Å². The largest absolute Gasteiger partial charge is 0.480 e. The molecule has 1 aliphatic rings. The van der Waals surface area contributed by atoms with Crippen LogP contribution in [0.2, 0.25) is 0 Å². The van der Waals surface area contributed by atoms with Crippen LogP contribution in [0.3, 0.4) is 0 Å². The molecule has 0 bridgehead atoms. The normalized spacial score (nSPS) is 20.8. The number of benzene rings is 1. The van der Waals surface area contributed by atoms with E-state index in [2.05, 4.69) is 0 Å². The maximum absolute atomic E-state index is 13.0. The maximum Gasteiger partial charge on any atom is 0.395 e. The topological polar surface area (TPSA) is 40.5 Å². The van der Waals surface area contributed by atoms with Gasteiger partial charge in [0.15, 0.2) is 0 Å². The van der Waals surface area contributed by atoms with Crippen molar-refractivity contribution in [3.63, 3.8) is 0 Å². The zero-order valence-corrected chi connectivity index (χ0v) is 10.3. The van der Waals surface area contributed by atoms with Gasteiger partial charge < -0.3 is 10.0 Å². The third-order valence-corrected chi connectivity index (χ3v) is 3.50. The molecule has 6 heteroatoms. The van der Waals surface area contributed by atoms with Crippen LogP contribution in [0.1, 0.15) is 24.8 Å². The second-order valence-electron chi connectivity index (χ2n) is 4.65. The predicted molar refractivity (Wildman–Crippen MR) is 64.3 cm³/mol. The summed E-state index contributed by atoms with van der Waals surface area (Å²) in [4.78, 5) is 12.5. The van der Waals surface area contributed by atoms with Crippen molar-refractivity contribution in [2.75, 3.05) is 11.4 Å². The number of hydrogen-bond donors (Lipinski definition) is 1. The Bertz CT molecular complexity index is 487. The van der Waals surface area contributed by atoms with Crippen molar-refractivity contribution in [2.45, 2.75) is 31.5 Å². The summed E-state index contributed by atoms with van der Waals surface area (Å²) in [6.45, 7) is 1.57. The van der Waals surface area contributed by atoms with Crippen molar-refractivity contribution in [2.24, 2.45) is 0 Å². The highest BCUT2D eigenvalue weighted by molar-refractivity contribution is 5.78. The SMILES string of the molecule is C[C@H](C(=O)O)N1CC[C@H](C(F)(F)F)c2ccccc21. The molecule has 0 saturated heterocycles. The molecule has 0 unspecified atom stereocenters. The van der Waals surface area contributed by atoms with Crippen molar-refractivity contribution in [3.05, 3.63) is 29.8 Å². The summed E-state index contributed by atoms with van der Waals surface area (Å²) >= 11 is 0. The van der Waals surface area contributed by atoms with Crippen LogP contribution in [-0.2, 0) is 4.79 Å². The molecule has 0 saturated carbocycles. The minimum absolute atomic E-state index is 0.0919. The molecular weight excluding hydrogens is 259 g/mol. The zero-order chi connectivity index (χ0) is 14.2. The quantitative estimate of drug-likeness (QED) is 0.900. The summed E-state index contributed by atoms with van der Waals surface area (Å²) in [6, 6.07) is 5.31. The van der Waals surface area contributed by atoms with E-state index in [-0.39, 0.29) is 18.5 Å². The number of rotatable bonds is 2. The van der Waals surface area contributed by atoms with Gasteiger partial charge in [0, 0.05) is 12.2 Å². The molecule has 1 aliphatic heterocycles. The average Bonchev–Trinajstić information content (AvgIpc) is 2.35. The third-order valence-electron chi connectivity index (χ3n) is 3.50. The van der Waals surface area contributed by atoms with Gasteiger partial charge >= 0.3 is 12.1 Å². The van der Waals surface area contributed by atoms with Gasteiger partial charge in [0.1, 0.15) is 6.04 Å². The number of nitrogens with zero attached hydrogens (tertiary/aromatic N) is 1. The summed E-state index contributed by atoms with van der Waals surface area (Å²) in [6.07, 6.45) is -4.41. The molecule has 2 atom stereocenters. The standard InChI is InChI=1S/C13H14F3NO2/c1-8(12(18)19)17-7-6-10(13(14,15)16)9-4-2-3-5-11(9)17/h2-5,8,10H,6-7H2,1H3,(H,18,19)/t8-,10+/m1/s1. The molecule has 104 valence electrons. The number of anilines is 1. The average molecular weight is 273 g/mol. The molecule has 0 fully saturated rings. The highest BCUT2D eigenvalue weighted by Crippen LogP contribution is 2.45. The molecule has 0 amide bonds. The first-order chi connectivity index (χ1) is 8.82. The molecule has 1 aromatic rings. The molecule has 0 aromatic heterocycles. The Morgan fingerprint density at radius 1 is 1.42 bits per heavy atom. The monoisotopic (exact) mass is 273 g/mol. The van der Waals surface area contributed by atoms with E-state index in [0.29, 0.717) is 5.69 Å². The van der Waals surface area contributed by atoms with Crippen molar-refractivity contribution in [1.29, 1.82) is 0 Å². The molecule has 0 spiro atoms.